The molecule has 0 spiro atoms. The summed E-state index contributed by atoms with van der Waals surface area (Å²) >= 11 is 1.09. The molecule has 0 aliphatic heterocycles. The fourth-order valence-corrected chi connectivity index (χ4v) is 3.58. The number of nitrogens with zero attached hydrogens (tertiary/aromatic N) is 2. The molecule has 24 heavy (non-hydrogen) atoms. The number of ether oxygens (including phenoxy) is 2. The van der Waals surface area contributed by atoms with Crippen LogP contribution in [0.5, 0.6) is 5.75 Å². The van der Waals surface area contributed by atoms with Gasteiger partial charge in [-0.2, -0.15) is 0 Å². The molecule has 3 rings (SSSR count). The summed E-state index contributed by atoms with van der Waals surface area (Å²) in [5, 5.41) is 4.12. The molecule has 1 fully saturated rings. The van der Waals surface area contributed by atoms with E-state index in [-0.39, 0.29) is 12.1 Å². The molecule has 6 heteroatoms. The van der Waals surface area contributed by atoms with Gasteiger partial charge in [-0.15, -0.1) is 5.10 Å². The monoisotopic (exact) mass is 346 g/mol. The molecule has 1 aromatic heterocycles. The maximum atomic E-state index is 12.6. The molecular formula is C18H22N2O3S. The highest BCUT2D eigenvalue weighted by Crippen LogP contribution is 2.28. The Bertz CT molecular complexity index is 661. The number of hydrogen-bond donors (Lipinski definition) is 0. The minimum atomic E-state index is -0.304. The zero-order valence-electron chi connectivity index (χ0n) is 13.9. The minimum Gasteiger partial charge on any atom is -0.497 e. The second-order valence-corrected chi connectivity index (χ2v) is 6.81. The van der Waals surface area contributed by atoms with Crippen LogP contribution in [-0.2, 0) is 4.74 Å². The topological polar surface area (TPSA) is 61.3 Å². The predicted octanol–water partition coefficient (Wildman–Crippen LogP) is 4.48. The lowest BCUT2D eigenvalue weighted by Gasteiger charge is -2.19. The maximum absolute atomic E-state index is 12.6. The predicted molar refractivity (Wildman–Crippen MR) is 93.4 cm³/mol. The molecule has 1 heterocycles. The number of aromatic nitrogens is 2. The van der Waals surface area contributed by atoms with Crippen molar-refractivity contribution >= 4 is 17.5 Å². The van der Waals surface area contributed by atoms with Gasteiger partial charge < -0.3 is 9.47 Å². The van der Waals surface area contributed by atoms with Crippen LogP contribution in [0.4, 0.5) is 0 Å². The molecular weight excluding hydrogens is 324 g/mol. The van der Waals surface area contributed by atoms with Crippen LogP contribution < -0.4 is 4.74 Å². The molecule has 1 aliphatic rings. The number of carbonyl (C=O) groups is 1. The first-order valence-corrected chi connectivity index (χ1v) is 9.23. The number of rotatable bonds is 4. The summed E-state index contributed by atoms with van der Waals surface area (Å²) in [6, 6.07) is 7.45. The van der Waals surface area contributed by atoms with Crippen molar-refractivity contribution < 1.29 is 14.3 Å². The molecule has 0 bridgehead atoms. The van der Waals surface area contributed by atoms with E-state index in [9.17, 15) is 4.79 Å². The maximum Gasteiger partial charge on any atom is 0.352 e. The van der Waals surface area contributed by atoms with Crippen molar-refractivity contribution in [3.8, 4) is 17.0 Å². The van der Waals surface area contributed by atoms with Crippen molar-refractivity contribution in [1.82, 2.24) is 9.59 Å². The van der Waals surface area contributed by atoms with Crippen LogP contribution in [0.15, 0.2) is 24.3 Å². The van der Waals surface area contributed by atoms with Crippen LogP contribution in [0.2, 0.25) is 0 Å². The largest absolute Gasteiger partial charge is 0.497 e. The smallest absolute Gasteiger partial charge is 0.352 e. The van der Waals surface area contributed by atoms with Gasteiger partial charge in [0.05, 0.1) is 7.11 Å². The lowest BCUT2D eigenvalue weighted by molar-refractivity contribution is 0.0245. The second kappa shape index (κ2) is 8.24. The van der Waals surface area contributed by atoms with E-state index in [1.165, 1.54) is 19.3 Å². The van der Waals surface area contributed by atoms with Crippen molar-refractivity contribution in [2.45, 2.75) is 51.0 Å². The summed E-state index contributed by atoms with van der Waals surface area (Å²) in [5.41, 5.74) is 1.42. The van der Waals surface area contributed by atoms with Crippen molar-refractivity contribution in [2.24, 2.45) is 0 Å². The Morgan fingerprint density at radius 1 is 1.08 bits per heavy atom. The van der Waals surface area contributed by atoms with E-state index < -0.39 is 0 Å². The second-order valence-electron chi connectivity index (χ2n) is 6.05. The van der Waals surface area contributed by atoms with Crippen LogP contribution in [-0.4, -0.2) is 28.8 Å². The van der Waals surface area contributed by atoms with Crippen molar-refractivity contribution in [2.75, 3.05) is 7.11 Å². The first kappa shape index (κ1) is 16.9. The number of benzene rings is 1. The van der Waals surface area contributed by atoms with E-state index >= 15 is 0 Å². The van der Waals surface area contributed by atoms with Crippen LogP contribution in [0.1, 0.15) is 54.6 Å². The highest BCUT2D eigenvalue weighted by molar-refractivity contribution is 7.08. The third-order valence-corrected chi connectivity index (χ3v) is 5.07. The Hall–Kier alpha value is -1.95. The quantitative estimate of drug-likeness (QED) is 0.764. The summed E-state index contributed by atoms with van der Waals surface area (Å²) in [6.45, 7) is 0. The van der Waals surface area contributed by atoms with E-state index in [1.54, 1.807) is 7.11 Å². The van der Waals surface area contributed by atoms with Crippen molar-refractivity contribution in [1.29, 1.82) is 0 Å². The number of methoxy groups -OCH3 is 1. The fraction of sp³-hybridized carbons (Fsp3) is 0.500. The summed E-state index contributed by atoms with van der Waals surface area (Å²) < 4.78 is 14.9. The van der Waals surface area contributed by atoms with Gasteiger partial charge in [-0.05, 0) is 61.5 Å². The Labute approximate surface area is 146 Å². The van der Waals surface area contributed by atoms with Gasteiger partial charge in [0.1, 0.15) is 17.5 Å². The van der Waals surface area contributed by atoms with Crippen molar-refractivity contribution in [3.05, 3.63) is 29.1 Å². The number of esters is 1. The van der Waals surface area contributed by atoms with Gasteiger partial charge in [0.15, 0.2) is 4.88 Å². The summed E-state index contributed by atoms with van der Waals surface area (Å²) in [4.78, 5) is 13.0. The molecule has 1 aliphatic carbocycles. The third-order valence-electron chi connectivity index (χ3n) is 4.36. The van der Waals surface area contributed by atoms with Crippen LogP contribution in [0, 0.1) is 0 Å². The normalized spacial score (nSPS) is 16.2. The van der Waals surface area contributed by atoms with Gasteiger partial charge in [0, 0.05) is 5.56 Å². The average Bonchev–Trinajstić information content (AvgIpc) is 3.07. The molecule has 0 amide bonds. The molecule has 5 nitrogen and oxygen atoms in total. The highest BCUT2D eigenvalue weighted by Gasteiger charge is 2.23. The first-order valence-electron chi connectivity index (χ1n) is 8.45. The van der Waals surface area contributed by atoms with E-state index in [2.05, 4.69) is 9.59 Å². The summed E-state index contributed by atoms with van der Waals surface area (Å²) in [7, 11) is 1.62. The Morgan fingerprint density at radius 3 is 2.42 bits per heavy atom. The van der Waals surface area contributed by atoms with Gasteiger partial charge in [0.25, 0.3) is 0 Å². The van der Waals surface area contributed by atoms with E-state index in [4.69, 9.17) is 9.47 Å². The van der Waals surface area contributed by atoms with Gasteiger partial charge in [-0.3, -0.25) is 0 Å². The van der Waals surface area contributed by atoms with E-state index in [1.807, 2.05) is 24.3 Å². The van der Waals surface area contributed by atoms with Crippen LogP contribution in [0.25, 0.3) is 11.3 Å². The Balaban J connectivity index is 1.72. The van der Waals surface area contributed by atoms with Gasteiger partial charge in [-0.1, -0.05) is 23.8 Å². The standard InChI is InChI=1S/C18H22N2O3S/c1-22-14-11-9-13(10-12-14)16-17(24-20-19-16)18(21)23-15-7-5-3-2-4-6-8-15/h9-12,15H,2-8H2,1H3. The number of hydrogen-bond acceptors (Lipinski definition) is 6. The third kappa shape index (κ3) is 4.12. The van der Waals surface area contributed by atoms with Crippen molar-refractivity contribution in [3.63, 3.8) is 0 Å². The van der Waals surface area contributed by atoms with E-state index in [0.717, 1.165) is 48.5 Å². The molecule has 0 unspecified atom stereocenters. The van der Waals surface area contributed by atoms with E-state index in [0.29, 0.717) is 10.6 Å². The Kier molecular flexibility index (Phi) is 5.80. The lowest BCUT2D eigenvalue weighted by Crippen LogP contribution is -2.19. The molecule has 1 aromatic carbocycles. The summed E-state index contributed by atoms with van der Waals surface area (Å²) in [6.07, 6.45) is 7.94. The minimum absolute atomic E-state index is 0.0172. The molecule has 0 saturated heterocycles. The molecule has 2 aromatic rings. The van der Waals surface area contributed by atoms with Crippen LogP contribution in [0.3, 0.4) is 0 Å². The molecule has 0 N–H and O–H groups in total. The SMILES string of the molecule is COc1ccc(-c2nnsc2C(=O)OC2CCCCCCC2)cc1. The molecule has 0 atom stereocenters. The average molecular weight is 346 g/mol. The zero-order chi connectivity index (χ0) is 16.8. The van der Waals surface area contributed by atoms with Gasteiger partial charge in [0.2, 0.25) is 0 Å². The molecule has 128 valence electrons. The fourth-order valence-electron chi connectivity index (χ4n) is 3.00. The zero-order valence-corrected chi connectivity index (χ0v) is 14.7. The van der Waals surface area contributed by atoms with Gasteiger partial charge >= 0.3 is 5.97 Å². The lowest BCUT2D eigenvalue weighted by atomic mass is 9.98. The number of carbonyl (C=O) groups excluding carboxylic acids is 1. The molecule has 1 saturated carbocycles. The first-order chi connectivity index (χ1) is 11.8. The highest BCUT2D eigenvalue weighted by atomic mass is 32.1. The summed E-state index contributed by atoms with van der Waals surface area (Å²) in [5.74, 6) is 0.460. The van der Waals surface area contributed by atoms with Crippen LogP contribution >= 0.6 is 11.5 Å². The van der Waals surface area contributed by atoms with Gasteiger partial charge in [-0.25, -0.2) is 4.79 Å². The Morgan fingerprint density at radius 2 is 1.75 bits per heavy atom. The molecule has 0 radical (unpaired) electrons.